The van der Waals surface area contributed by atoms with Gasteiger partial charge in [-0.15, -0.1) is 0 Å². The molecule has 1 N–H and O–H groups in total. The van der Waals surface area contributed by atoms with Crippen LogP contribution in [0, 0.1) is 0 Å². The molecular formula is C14H20ClNO2. The molecule has 0 saturated carbocycles. The number of benzene rings is 1. The van der Waals surface area contributed by atoms with Gasteiger partial charge < -0.3 is 14.8 Å². The summed E-state index contributed by atoms with van der Waals surface area (Å²) in [6.07, 6.45) is 2.05. The summed E-state index contributed by atoms with van der Waals surface area (Å²) in [7, 11) is 3.18. The normalized spacial score (nSPS) is 11.5. The van der Waals surface area contributed by atoms with Crippen LogP contribution in [0.25, 0.3) is 6.08 Å². The summed E-state index contributed by atoms with van der Waals surface area (Å²) in [6.45, 7) is 5.94. The summed E-state index contributed by atoms with van der Waals surface area (Å²) in [6, 6.07) is 3.79. The molecular weight excluding hydrogens is 250 g/mol. The molecule has 0 unspecified atom stereocenters. The van der Waals surface area contributed by atoms with Gasteiger partial charge in [-0.3, -0.25) is 0 Å². The topological polar surface area (TPSA) is 30.5 Å². The van der Waals surface area contributed by atoms with Gasteiger partial charge in [0.15, 0.2) is 11.5 Å². The quantitative estimate of drug-likeness (QED) is 0.859. The van der Waals surface area contributed by atoms with Gasteiger partial charge in [0.05, 0.1) is 19.2 Å². The third-order valence-electron chi connectivity index (χ3n) is 2.57. The minimum absolute atomic E-state index is 0.573. The van der Waals surface area contributed by atoms with Crippen LogP contribution in [0.15, 0.2) is 17.7 Å². The van der Waals surface area contributed by atoms with Gasteiger partial charge >= 0.3 is 0 Å². The fraction of sp³-hybridized carbons (Fsp3) is 0.429. The van der Waals surface area contributed by atoms with E-state index in [4.69, 9.17) is 21.1 Å². The van der Waals surface area contributed by atoms with Crippen LogP contribution in [0.1, 0.15) is 19.4 Å². The first kappa shape index (κ1) is 14.9. The molecule has 1 rings (SSSR count). The number of hydrogen-bond donors (Lipinski definition) is 1. The van der Waals surface area contributed by atoms with Gasteiger partial charge in [-0.05, 0) is 31.2 Å². The van der Waals surface area contributed by atoms with Crippen LogP contribution in [0.2, 0.25) is 5.02 Å². The number of likely N-dealkylation sites (N-methyl/N-ethyl adjacent to an activating group) is 1. The van der Waals surface area contributed by atoms with E-state index < -0.39 is 0 Å². The summed E-state index contributed by atoms with van der Waals surface area (Å²) in [4.78, 5) is 0. The van der Waals surface area contributed by atoms with Crippen molar-refractivity contribution in [3.63, 3.8) is 0 Å². The zero-order valence-corrected chi connectivity index (χ0v) is 12.1. The molecule has 18 heavy (non-hydrogen) atoms. The van der Waals surface area contributed by atoms with E-state index in [1.165, 1.54) is 5.57 Å². The Bertz CT molecular complexity index is 430. The highest BCUT2D eigenvalue weighted by Gasteiger charge is 2.11. The lowest BCUT2D eigenvalue weighted by molar-refractivity contribution is 0.355. The first-order valence-corrected chi connectivity index (χ1v) is 6.30. The number of rotatable bonds is 6. The molecule has 100 valence electrons. The SMILES string of the molecule is CCNCC(C)=Cc1ccc(OC)c(OC)c1Cl. The van der Waals surface area contributed by atoms with Crippen LogP contribution in [0.5, 0.6) is 11.5 Å². The van der Waals surface area contributed by atoms with Crippen molar-refractivity contribution in [2.45, 2.75) is 13.8 Å². The highest BCUT2D eigenvalue weighted by Crippen LogP contribution is 2.37. The molecule has 3 nitrogen and oxygen atoms in total. The van der Waals surface area contributed by atoms with Crippen molar-refractivity contribution in [3.05, 3.63) is 28.3 Å². The van der Waals surface area contributed by atoms with E-state index in [1.54, 1.807) is 14.2 Å². The standard InChI is InChI=1S/C14H20ClNO2/c1-5-16-9-10(2)8-11-6-7-12(17-3)14(18-4)13(11)15/h6-8,16H,5,9H2,1-4H3. The van der Waals surface area contributed by atoms with Crippen LogP contribution in [0.4, 0.5) is 0 Å². The molecule has 0 aliphatic heterocycles. The maximum atomic E-state index is 6.30. The highest BCUT2D eigenvalue weighted by molar-refractivity contribution is 6.33. The summed E-state index contributed by atoms with van der Waals surface area (Å²) >= 11 is 6.30. The molecule has 0 aliphatic carbocycles. The molecule has 0 fully saturated rings. The van der Waals surface area contributed by atoms with Crippen molar-refractivity contribution < 1.29 is 9.47 Å². The fourth-order valence-corrected chi connectivity index (χ4v) is 1.94. The summed E-state index contributed by atoms with van der Waals surface area (Å²) < 4.78 is 10.5. The second kappa shape index (κ2) is 7.29. The van der Waals surface area contributed by atoms with E-state index in [9.17, 15) is 0 Å². The van der Waals surface area contributed by atoms with Crippen LogP contribution >= 0.6 is 11.6 Å². The zero-order valence-electron chi connectivity index (χ0n) is 11.3. The Morgan fingerprint density at radius 2 is 2.06 bits per heavy atom. The Hall–Kier alpha value is -1.19. The Morgan fingerprint density at radius 1 is 1.33 bits per heavy atom. The van der Waals surface area contributed by atoms with Gasteiger partial charge in [0, 0.05) is 6.54 Å². The number of ether oxygens (including phenoxy) is 2. The second-order valence-corrected chi connectivity index (χ2v) is 4.35. The van der Waals surface area contributed by atoms with E-state index >= 15 is 0 Å². The van der Waals surface area contributed by atoms with E-state index in [1.807, 2.05) is 18.2 Å². The van der Waals surface area contributed by atoms with Crippen molar-refractivity contribution in [1.29, 1.82) is 0 Å². The number of halogens is 1. The van der Waals surface area contributed by atoms with Gasteiger partial charge in [0.1, 0.15) is 0 Å². The molecule has 0 aliphatic rings. The zero-order chi connectivity index (χ0) is 13.5. The molecule has 0 saturated heterocycles. The first-order chi connectivity index (χ1) is 8.63. The van der Waals surface area contributed by atoms with Crippen molar-refractivity contribution in [2.75, 3.05) is 27.3 Å². The maximum Gasteiger partial charge on any atom is 0.179 e. The Kier molecular flexibility index (Phi) is 6.02. The second-order valence-electron chi connectivity index (χ2n) is 3.98. The van der Waals surface area contributed by atoms with E-state index in [0.717, 1.165) is 18.7 Å². The smallest absolute Gasteiger partial charge is 0.179 e. The first-order valence-electron chi connectivity index (χ1n) is 5.92. The summed E-state index contributed by atoms with van der Waals surface area (Å²) in [5.74, 6) is 1.22. The van der Waals surface area contributed by atoms with Crippen LogP contribution in [0.3, 0.4) is 0 Å². The molecule has 0 radical (unpaired) electrons. The summed E-state index contributed by atoms with van der Waals surface area (Å²) in [5.41, 5.74) is 2.15. The monoisotopic (exact) mass is 269 g/mol. The van der Waals surface area contributed by atoms with Gasteiger partial charge in [0.25, 0.3) is 0 Å². The van der Waals surface area contributed by atoms with Crippen LogP contribution in [-0.2, 0) is 0 Å². The molecule has 0 amide bonds. The van der Waals surface area contributed by atoms with Crippen molar-refractivity contribution >= 4 is 17.7 Å². The summed E-state index contributed by atoms with van der Waals surface area (Å²) in [5, 5.41) is 3.85. The molecule has 1 aromatic carbocycles. The third kappa shape index (κ3) is 3.65. The van der Waals surface area contributed by atoms with Crippen LogP contribution < -0.4 is 14.8 Å². The lowest BCUT2D eigenvalue weighted by Gasteiger charge is -2.11. The third-order valence-corrected chi connectivity index (χ3v) is 2.96. The lowest BCUT2D eigenvalue weighted by Crippen LogP contribution is -2.14. The Labute approximate surface area is 114 Å². The minimum atomic E-state index is 0.573. The van der Waals surface area contributed by atoms with Crippen molar-refractivity contribution in [3.8, 4) is 11.5 Å². The Balaban J connectivity index is 3.04. The van der Waals surface area contributed by atoms with Crippen molar-refractivity contribution in [2.24, 2.45) is 0 Å². The average molecular weight is 270 g/mol. The van der Waals surface area contributed by atoms with Gasteiger partial charge in [0.2, 0.25) is 0 Å². The highest BCUT2D eigenvalue weighted by atomic mass is 35.5. The molecule has 0 spiro atoms. The van der Waals surface area contributed by atoms with Crippen LogP contribution in [-0.4, -0.2) is 27.3 Å². The molecule has 1 aromatic rings. The number of hydrogen-bond acceptors (Lipinski definition) is 3. The minimum Gasteiger partial charge on any atom is -0.493 e. The molecule has 4 heteroatoms. The van der Waals surface area contributed by atoms with E-state index in [-0.39, 0.29) is 0 Å². The van der Waals surface area contributed by atoms with E-state index in [2.05, 4.69) is 19.2 Å². The van der Waals surface area contributed by atoms with Gasteiger partial charge in [-0.25, -0.2) is 0 Å². The van der Waals surface area contributed by atoms with E-state index in [0.29, 0.717) is 16.5 Å². The van der Waals surface area contributed by atoms with Gasteiger partial charge in [-0.2, -0.15) is 0 Å². The average Bonchev–Trinajstić information content (AvgIpc) is 2.38. The predicted molar refractivity (Wildman–Crippen MR) is 76.8 cm³/mol. The van der Waals surface area contributed by atoms with Crippen molar-refractivity contribution in [1.82, 2.24) is 5.32 Å². The maximum absolute atomic E-state index is 6.30. The Morgan fingerprint density at radius 3 is 2.61 bits per heavy atom. The fourth-order valence-electron chi connectivity index (χ4n) is 1.65. The van der Waals surface area contributed by atoms with Gasteiger partial charge in [-0.1, -0.05) is 30.2 Å². The largest absolute Gasteiger partial charge is 0.493 e. The predicted octanol–water partition coefficient (Wildman–Crippen LogP) is 3.37. The number of methoxy groups -OCH3 is 2. The molecule has 0 atom stereocenters. The molecule has 0 bridgehead atoms. The molecule has 0 heterocycles. The molecule has 0 aromatic heterocycles. The number of nitrogens with one attached hydrogen (secondary N) is 1. The lowest BCUT2D eigenvalue weighted by atomic mass is 10.1.